The molecule has 184 valence electrons. The molecule has 0 aliphatic carbocycles. The van der Waals surface area contributed by atoms with Gasteiger partial charge in [-0.1, -0.05) is 40.5 Å². The van der Waals surface area contributed by atoms with Crippen molar-refractivity contribution in [2.24, 2.45) is 0 Å². The standard InChI is InChI=1S/2C12H27N2.2ClH/c2*1-5-7-8-13-9-10-14(3,4)12(6-2)11-13;;/h2*12H,5-11H2,1-4H3;2*1H/q2*+1;;/p-2. The van der Waals surface area contributed by atoms with Crippen molar-refractivity contribution in [2.45, 2.75) is 78.3 Å². The van der Waals surface area contributed by atoms with E-state index in [9.17, 15) is 0 Å². The molecule has 2 unspecified atom stereocenters. The predicted molar refractivity (Wildman–Crippen MR) is 125 cm³/mol. The molecule has 2 heterocycles. The van der Waals surface area contributed by atoms with Crippen LogP contribution in [-0.2, 0) is 0 Å². The SMILES string of the molecule is CCCCN1CC[N+](C)(C)C(CC)C1.CCCCN1CC[N+](C)(C)C(CC)C1.[Cl-].[Cl-]. The third-order valence-corrected chi connectivity index (χ3v) is 7.50. The van der Waals surface area contributed by atoms with Crippen LogP contribution in [0.3, 0.4) is 0 Å². The van der Waals surface area contributed by atoms with Gasteiger partial charge >= 0.3 is 0 Å². The maximum Gasteiger partial charge on any atom is 0.101 e. The zero-order valence-electron chi connectivity index (χ0n) is 21.6. The second kappa shape index (κ2) is 16.1. The lowest BCUT2D eigenvalue weighted by Crippen LogP contribution is -3.00. The predicted octanol–water partition coefficient (Wildman–Crippen LogP) is -2.08. The molecule has 2 aliphatic heterocycles. The molecule has 6 heteroatoms. The highest BCUT2D eigenvalue weighted by atomic mass is 35.5. The first-order valence-electron chi connectivity index (χ1n) is 12.3. The average molecular weight is 470 g/mol. The molecule has 0 aromatic heterocycles. The highest BCUT2D eigenvalue weighted by Crippen LogP contribution is 2.18. The van der Waals surface area contributed by atoms with Gasteiger partial charge in [0.2, 0.25) is 0 Å². The van der Waals surface area contributed by atoms with Crippen molar-refractivity contribution in [1.29, 1.82) is 0 Å². The van der Waals surface area contributed by atoms with Crippen molar-refractivity contribution in [1.82, 2.24) is 9.80 Å². The molecule has 2 rings (SSSR count). The highest BCUT2D eigenvalue weighted by Gasteiger charge is 2.34. The van der Waals surface area contributed by atoms with Gasteiger partial charge in [0.1, 0.15) is 12.1 Å². The van der Waals surface area contributed by atoms with Crippen LogP contribution in [0.15, 0.2) is 0 Å². The largest absolute Gasteiger partial charge is 1.00 e. The van der Waals surface area contributed by atoms with E-state index in [1.165, 1.54) is 99.8 Å². The van der Waals surface area contributed by atoms with E-state index < -0.39 is 0 Å². The van der Waals surface area contributed by atoms with Crippen LogP contribution in [0.25, 0.3) is 0 Å². The molecule has 2 aliphatic rings. The number of nitrogens with zero attached hydrogens (tertiary/aromatic N) is 4. The first-order valence-corrected chi connectivity index (χ1v) is 12.3. The summed E-state index contributed by atoms with van der Waals surface area (Å²) >= 11 is 0. The van der Waals surface area contributed by atoms with Crippen molar-refractivity contribution in [3.05, 3.63) is 0 Å². The summed E-state index contributed by atoms with van der Waals surface area (Å²) in [5.41, 5.74) is 0. The second-order valence-corrected chi connectivity index (χ2v) is 10.4. The molecule has 4 nitrogen and oxygen atoms in total. The summed E-state index contributed by atoms with van der Waals surface area (Å²) in [7, 11) is 9.52. The zero-order chi connectivity index (χ0) is 21.2. The number of halogens is 2. The molecule has 0 saturated carbocycles. The molecule has 0 aromatic carbocycles. The van der Waals surface area contributed by atoms with Crippen LogP contribution in [0, 0.1) is 0 Å². The Balaban J connectivity index is 0. The van der Waals surface area contributed by atoms with Crippen LogP contribution >= 0.6 is 0 Å². The van der Waals surface area contributed by atoms with Crippen molar-refractivity contribution < 1.29 is 33.8 Å². The zero-order valence-corrected chi connectivity index (χ0v) is 23.1. The molecule has 2 saturated heterocycles. The van der Waals surface area contributed by atoms with Crippen molar-refractivity contribution in [3.8, 4) is 0 Å². The summed E-state index contributed by atoms with van der Waals surface area (Å²) in [5, 5.41) is 0. The Morgan fingerprint density at radius 1 is 0.633 bits per heavy atom. The molecule has 0 N–H and O–H groups in total. The minimum absolute atomic E-state index is 0. The molecule has 2 fully saturated rings. The Labute approximate surface area is 202 Å². The lowest BCUT2D eigenvalue weighted by molar-refractivity contribution is -0.919. The Hall–Kier alpha value is 0.420. The van der Waals surface area contributed by atoms with E-state index in [1.807, 2.05) is 0 Å². The molecule has 0 radical (unpaired) electrons. The fourth-order valence-corrected chi connectivity index (χ4v) is 4.80. The van der Waals surface area contributed by atoms with Gasteiger partial charge in [-0.25, -0.2) is 0 Å². The van der Waals surface area contributed by atoms with Crippen LogP contribution in [0.5, 0.6) is 0 Å². The minimum atomic E-state index is 0. The average Bonchev–Trinajstić information content (AvgIpc) is 2.66. The molecule has 2 atom stereocenters. The number of likely N-dealkylation sites (N-methyl/N-ethyl adjacent to an activating group) is 2. The minimum Gasteiger partial charge on any atom is -1.00 e. The van der Waals surface area contributed by atoms with Crippen molar-refractivity contribution in [2.75, 3.05) is 80.5 Å². The van der Waals surface area contributed by atoms with E-state index in [-0.39, 0.29) is 24.8 Å². The normalized spacial score (nSPS) is 26.0. The topological polar surface area (TPSA) is 6.48 Å². The van der Waals surface area contributed by atoms with E-state index >= 15 is 0 Å². The first kappa shape index (κ1) is 32.6. The Bertz CT molecular complexity index is 380. The van der Waals surface area contributed by atoms with Gasteiger partial charge in [0, 0.05) is 13.1 Å². The third kappa shape index (κ3) is 10.8. The lowest BCUT2D eigenvalue weighted by atomic mass is 10.1. The van der Waals surface area contributed by atoms with Gasteiger partial charge in [-0.05, 0) is 38.8 Å². The van der Waals surface area contributed by atoms with Crippen molar-refractivity contribution >= 4 is 0 Å². The number of rotatable bonds is 8. The smallest absolute Gasteiger partial charge is 0.101 e. The Morgan fingerprint density at radius 2 is 0.967 bits per heavy atom. The second-order valence-electron chi connectivity index (χ2n) is 10.4. The summed E-state index contributed by atoms with van der Waals surface area (Å²) in [6.45, 7) is 19.7. The van der Waals surface area contributed by atoms with Gasteiger partial charge in [-0.3, -0.25) is 9.80 Å². The monoisotopic (exact) mass is 468 g/mol. The van der Waals surface area contributed by atoms with Crippen LogP contribution in [0.4, 0.5) is 0 Å². The number of unbranched alkanes of at least 4 members (excludes halogenated alkanes) is 2. The van der Waals surface area contributed by atoms with Gasteiger partial charge in [-0.15, -0.1) is 0 Å². The van der Waals surface area contributed by atoms with Crippen LogP contribution in [0.2, 0.25) is 0 Å². The molecule has 30 heavy (non-hydrogen) atoms. The third-order valence-electron chi connectivity index (χ3n) is 7.50. The fraction of sp³-hybridized carbons (Fsp3) is 1.00. The van der Waals surface area contributed by atoms with E-state index in [0.29, 0.717) is 0 Å². The summed E-state index contributed by atoms with van der Waals surface area (Å²) in [4.78, 5) is 5.31. The quantitative estimate of drug-likeness (QED) is 0.377. The van der Waals surface area contributed by atoms with Crippen LogP contribution < -0.4 is 24.8 Å². The van der Waals surface area contributed by atoms with Gasteiger partial charge in [0.05, 0.1) is 54.4 Å². The lowest BCUT2D eigenvalue weighted by Gasteiger charge is -2.45. The van der Waals surface area contributed by atoms with Gasteiger partial charge in [0.25, 0.3) is 0 Å². The van der Waals surface area contributed by atoms with E-state index in [4.69, 9.17) is 0 Å². The molecular formula is C24H54Cl2N4. The Morgan fingerprint density at radius 3 is 1.23 bits per heavy atom. The van der Waals surface area contributed by atoms with Gasteiger partial charge in [0.15, 0.2) is 0 Å². The van der Waals surface area contributed by atoms with Gasteiger partial charge in [-0.2, -0.15) is 0 Å². The number of hydrogen-bond acceptors (Lipinski definition) is 2. The highest BCUT2D eigenvalue weighted by molar-refractivity contribution is 4.71. The molecule has 0 spiro atoms. The molecule has 0 bridgehead atoms. The molecular weight excluding hydrogens is 415 g/mol. The summed E-state index contributed by atoms with van der Waals surface area (Å²) < 4.78 is 2.44. The van der Waals surface area contributed by atoms with E-state index in [0.717, 1.165) is 12.1 Å². The molecule has 0 amide bonds. The van der Waals surface area contributed by atoms with Crippen LogP contribution in [0.1, 0.15) is 66.2 Å². The summed E-state index contributed by atoms with van der Waals surface area (Å²) in [6.07, 6.45) is 8.01. The summed E-state index contributed by atoms with van der Waals surface area (Å²) in [6, 6.07) is 1.70. The maximum absolute atomic E-state index is 2.65. The number of quaternary nitrogens is 2. The molecule has 0 aromatic rings. The first-order chi connectivity index (χ1) is 13.2. The van der Waals surface area contributed by atoms with E-state index in [1.54, 1.807) is 0 Å². The Kier molecular flexibility index (Phi) is 17.5. The van der Waals surface area contributed by atoms with Crippen molar-refractivity contribution in [3.63, 3.8) is 0 Å². The number of piperazine rings is 2. The van der Waals surface area contributed by atoms with E-state index in [2.05, 4.69) is 65.7 Å². The van der Waals surface area contributed by atoms with Crippen LogP contribution in [-0.4, -0.2) is 111 Å². The fourth-order valence-electron chi connectivity index (χ4n) is 4.80. The van der Waals surface area contributed by atoms with Gasteiger partial charge < -0.3 is 33.8 Å². The maximum atomic E-state index is 2.65. The summed E-state index contributed by atoms with van der Waals surface area (Å²) in [5.74, 6) is 0. The number of hydrogen-bond donors (Lipinski definition) is 0.